The van der Waals surface area contributed by atoms with Gasteiger partial charge < -0.3 is 5.32 Å². The molecule has 0 unspecified atom stereocenters. The van der Waals surface area contributed by atoms with E-state index in [-0.39, 0.29) is 0 Å². The van der Waals surface area contributed by atoms with Gasteiger partial charge in [-0.05, 0) is 31.2 Å². The molecule has 0 saturated carbocycles. The molecule has 21 heavy (non-hydrogen) atoms. The minimum Gasteiger partial charge on any atom is -0.370 e. The van der Waals surface area contributed by atoms with Crippen LogP contribution in [0.25, 0.3) is 5.65 Å². The van der Waals surface area contributed by atoms with Crippen molar-refractivity contribution in [2.75, 3.05) is 11.9 Å². The molecule has 1 N–H and O–H groups in total. The fourth-order valence-corrected chi connectivity index (χ4v) is 3.05. The molecule has 0 spiro atoms. The largest absolute Gasteiger partial charge is 0.370 e. The van der Waals surface area contributed by atoms with Crippen molar-refractivity contribution in [1.29, 1.82) is 0 Å². The zero-order chi connectivity index (χ0) is 14.7. The number of hydrogen-bond donors (Lipinski definition) is 1. The van der Waals surface area contributed by atoms with Crippen molar-refractivity contribution in [1.82, 2.24) is 19.6 Å². The van der Waals surface area contributed by atoms with Crippen molar-refractivity contribution in [2.45, 2.75) is 17.8 Å². The van der Waals surface area contributed by atoms with E-state index in [0.717, 1.165) is 28.9 Å². The third-order valence-electron chi connectivity index (χ3n) is 2.90. The number of halogens is 1. The molecule has 0 atom stereocenters. The molecule has 0 fully saturated rings. The standard InChI is InChI=1S/C14H14ClN5S/c1-2-16-12-7-6-10(15)11(17-12)9-21-14-19-18-13-5-3-4-8-20(13)14/h3-8H,2,9H2,1H3,(H,16,17). The number of pyridine rings is 2. The van der Waals surface area contributed by atoms with Gasteiger partial charge in [-0.1, -0.05) is 29.4 Å². The fraction of sp³-hybridized carbons (Fsp3) is 0.214. The zero-order valence-electron chi connectivity index (χ0n) is 11.5. The molecule has 0 radical (unpaired) electrons. The Morgan fingerprint density at radius 3 is 3.00 bits per heavy atom. The fourth-order valence-electron chi connectivity index (χ4n) is 1.92. The summed E-state index contributed by atoms with van der Waals surface area (Å²) >= 11 is 7.77. The maximum absolute atomic E-state index is 6.21. The van der Waals surface area contributed by atoms with Gasteiger partial charge in [-0.3, -0.25) is 4.40 Å². The van der Waals surface area contributed by atoms with Gasteiger partial charge in [-0.2, -0.15) is 0 Å². The molecule has 3 heterocycles. The van der Waals surface area contributed by atoms with Crippen LogP contribution in [0.3, 0.4) is 0 Å². The number of nitrogens with zero attached hydrogens (tertiary/aromatic N) is 4. The summed E-state index contributed by atoms with van der Waals surface area (Å²) in [5.74, 6) is 1.48. The Balaban J connectivity index is 1.79. The van der Waals surface area contributed by atoms with E-state index in [1.165, 1.54) is 0 Å². The molecule has 5 nitrogen and oxygen atoms in total. The summed E-state index contributed by atoms with van der Waals surface area (Å²) in [7, 11) is 0. The lowest BCUT2D eigenvalue weighted by Crippen LogP contribution is -2.01. The van der Waals surface area contributed by atoms with Crippen molar-refractivity contribution in [2.24, 2.45) is 0 Å². The Morgan fingerprint density at radius 1 is 1.24 bits per heavy atom. The lowest BCUT2D eigenvalue weighted by atomic mass is 10.3. The molecular formula is C14H14ClN5S. The molecular weight excluding hydrogens is 306 g/mol. The van der Waals surface area contributed by atoms with Crippen molar-refractivity contribution >= 4 is 34.8 Å². The number of thioether (sulfide) groups is 1. The van der Waals surface area contributed by atoms with Gasteiger partial charge in [0.2, 0.25) is 0 Å². The van der Waals surface area contributed by atoms with Crippen LogP contribution >= 0.6 is 23.4 Å². The summed E-state index contributed by atoms with van der Waals surface area (Å²) in [6.07, 6.45) is 1.95. The minimum atomic E-state index is 0.647. The third-order valence-corrected chi connectivity index (χ3v) is 4.20. The van der Waals surface area contributed by atoms with Crippen LogP contribution in [-0.4, -0.2) is 26.1 Å². The lowest BCUT2D eigenvalue weighted by molar-refractivity contribution is 0.920. The quantitative estimate of drug-likeness (QED) is 0.729. The molecule has 0 aliphatic heterocycles. The molecule has 0 aliphatic carbocycles. The minimum absolute atomic E-state index is 0.647. The normalized spacial score (nSPS) is 11.0. The Hall–Kier alpha value is -1.79. The van der Waals surface area contributed by atoms with Gasteiger partial charge in [0.1, 0.15) is 5.82 Å². The first-order chi connectivity index (χ1) is 10.3. The maximum atomic E-state index is 6.21. The summed E-state index contributed by atoms with van der Waals surface area (Å²) in [6.45, 7) is 2.86. The molecule has 0 amide bonds. The van der Waals surface area contributed by atoms with Crippen molar-refractivity contribution in [3.05, 3.63) is 47.2 Å². The van der Waals surface area contributed by atoms with Gasteiger partial charge in [0.05, 0.1) is 10.7 Å². The summed E-state index contributed by atoms with van der Waals surface area (Å²) in [5, 5.41) is 13.0. The second-order valence-corrected chi connectivity index (χ2v) is 5.71. The Morgan fingerprint density at radius 2 is 2.14 bits per heavy atom. The van der Waals surface area contributed by atoms with Crippen molar-refractivity contribution < 1.29 is 0 Å². The lowest BCUT2D eigenvalue weighted by Gasteiger charge is -2.07. The van der Waals surface area contributed by atoms with Crippen LogP contribution in [0.4, 0.5) is 5.82 Å². The SMILES string of the molecule is CCNc1ccc(Cl)c(CSc2nnc3ccccn23)n1. The highest BCUT2D eigenvalue weighted by molar-refractivity contribution is 7.98. The van der Waals surface area contributed by atoms with E-state index >= 15 is 0 Å². The van der Waals surface area contributed by atoms with Crippen molar-refractivity contribution in [3.8, 4) is 0 Å². The van der Waals surface area contributed by atoms with E-state index < -0.39 is 0 Å². The average molecular weight is 320 g/mol. The zero-order valence-corrected chi connectivity index (χ0v) is 13.0. The molecule has 0 aliphatic rings. The Kier molecular flexibility index (Phi) is 4.26. The van der Waals surface area contributed by atoms with Crippen LogP contribution in [0.15, 0.2) is 41.7 Å². The van der Waals surface area contributed by atoms with Gasteiger partial charge in [0.25, 0.3) is 0 Å². The second kappa shape index (κ2) is 6.32. The molecule has 3 aromatic heterocycles. The van der Waals surface area contributed by atoms with Gasteiger partial charge in [-0.25, -0.2) is 4.98 Å². The first-order valence-corrected chi connectivity index (χ1v) is 7.96. The highest BCUT2D eigenvalue weighted by Crippen LogP contribution is 2.25. The summed E-state index contributed by atoms with van der Waals surface area (Å²) in [6, 6.07) is 9.57. The molecule has 3 rings (SSSR count). The van der Waals surface area contributed by atoms with E-state index in [2.05, 4.69) is 20.5 Å². The van der Waals surface area contributed by atoms with Gasteiger partial charge >= 0.3 is 0 Å². The predicted molar refractivity (Wildman–Crippen MR) is 86.0 cm³/mol. The molecule has 0 saturated heterocycles. The monoisotopic (exact) mass is 319 g/mol. The van der Waals surface area contributed by atoms with Gasteiger partial charge in [0, 0.05) is 18.5 Å². The van der Waals surface area contributed by atoms with E-state index in [9.17, 15) is 0 Å². The molecule has 108 valence electrons. The van der Waals surface area contributed by atoms with Gasteiger partial charge in [-0.15, -0.1) is 10.2 Å². The highest BCUT2D eigenvalue weighted by atomic mass is 35.5. The summed E-state index contributed by atoms with van der Waals surface area (Å²) < 4.78 is 1.95. The summed E-state index contributed by atoms with van der Waals surface area (Å²) in [5.41, 5.74) is 1.67. The first-order valence-electron chi connectivity index (χ1n) is 6.60. The van der Waals surface area contributed by atoms with Crippen LogP contribution in [-0.2, 0) is 5.75 Å². The topological polar surface area (TPSA) is 55.1 Å². The highest BCUT2D eigenvalue weighted by Gasteiger charge is 2.09. The van der Waals surface area contributed by atoms with Gasteiger partial charge in [0.15, 0.2) is 10.8 Å². The van der Waals surface area contributed by atoms with Crippen LogP contribution in [0.1, 0.15) is 12.6 Å². The van der Waals surface area contributed by atoms with Crippen LogP contribution in [0, 0.1) is 0 Å². The smallest absolute Gasteiger partial charge is 0.195 e. The number of hydrogen-bond acceptors (Lipinski definition) is 5. The Bertz CT molecular complexity index is 758. The van der Waals surface area contributed by atoms with Crippen LogP contribution < -0.4 is 5.32 Å². The number of fused-ring (bicyclic) bond motifs is 1. The Labute approximate surface area is 131 Å². The molecule has 0 bridgehead atoms. The molecule has 7 heteroatoms. The molecule has 0 aromatic carbocycles. The van der Waals surface area contributed by atoms with Crippen molar-refractivity contribution in [3.63, 3.8) is 0 Å². The van der Waals surface area contributed by atoms with E-state index in [1.54, 1.807) is 11.8 Å². The average Bonchev–Trinajstić information content (AvgIpc) is 2.91. The number of rotatable bonds is 5. The number of anilines is 1. The summed E-state index contributed by atoms with van der Waals surface area (Å²) in [4.78, 5) is 4.52. The van der Waals surface area contributed by atoms with E-state index in [4.69, 9.17) is 11.6 Å². The van der Waals surface area contributed by atoms with Crippen LogP contribution in [0.2, 0.25) is 5.02 Å². The molecule has 3 aromatic rings. The first kappa shape index (κ1) is 14.2. The van der Waals surface area contributed by atoms with E-state index in [0.29, 0.717) is 10.8 Å². The number of nitrogens with one attached hydrogen (secondary N) is 1. The maximum Gasteiger partial charge on any atom is 0.195 e. The van der Waals surface area contributed by atoms with E-state index in [1.807, 2.05) is 47.9 Å². The number of aromatic nitrogens is 4. The second-order valence-electron chi connectivity index (χ2n) is 4.36. The third kappa shape index (κ3) is 3.11. The van der Waals surface area contributed by atoms with Crippen LogP contribution in [0.5, 0.6) is 0 Å². The predicted octanol–water partition coefficient (Wildman–Crippen LogP) is 3.50.